The maximum Gasteiger partial charge on any atom is 0.262 e. The van der Waals surface area contributed by atoms with Crippen molar-refractivity contribution in [3.63, 3.8) is 0 Å². The Hall–Kier alpha value is -2.33. The van der Waals surface area contributed by atoms with Gasteiger partial charge >= 0.3 is 0 Å². The highest BCUT2D eigenvalue weighted by Gasteiger charge is 2.40. The number of amides is 1. The van der Waals surface area contributed by atoms with Crippen LogP contribution in [0.2, 0.25) is 0 Å². The average Bonchev–Trinajstić information content (AvgIpc) is 3.38. The van der Waals surface area contributed by atoms with Gasteiger partial charge in [-0.3, -0.25) is 4.79 Å². The van der Waals surface area contributed by atoms with E-state index < -0.39 is 16.1 Å². The Labute approximate surface area is 177 Å². The third-order valence-electron chi connectivity index (χ3n) is 5.90. The van der Waals surface area contributed by atoms with Crippen LogP contribution in [0.3, 0.4) is 0 Å². The minimum absolute atomic E-state index is 0.0101. The van der Waals surface area contributed by atoms with Gasteiger partial charge in [-0.15, -0.1) is 0 Å². The number of carbonyl (C=O) groups excluding carboxylic acids is 1. The molecule has 1 aliphatic carbocycles. The molecule has 0 spiro atoms. The van der Waals surface area contributed by atoms with Crippen LogP contribution in [0.1, 0.15) is 72.9 Å². The number of carbonyl (C=O) groups is 1. The van der Waals surface area contributed by atoms with E-state index in [-0.39, 0.29) is 17.0 Å². The van der Waals surface area contributed by atoms with E-state index in [0.717, 1.165) is 25.7 Å². The number of sulfonamides is 1. The molecule has 1 saturated carbocycles. The number of hydrogen-bond donors (Lipinski definition) is 1. The van der Waals surface area contributed by atoms with E-state index in [4.69, 9.17) is 0 Å². The zero-order valence-electron chi connectivity index (χ0n) is 17.4. The molecule has 9 nitrogen and oxygen atoms in total. The van der Waals surface area contributed by atoms with E-state index in [1.165, 1.54) is 29.4 Å². The Bertz CT molecular complexity index is 1030. The van der Waals surface area contributed by atoms with Crippen LogP contribution in [-0.4, -0.2) is 50.7 Å². The molecule has 2 aliphatic rings. The second-order valence-corrected chi connectivity index (χ2v) is 10.0. The molecule has 0 aromatic carbocycles. The molecule has 2 fully saturated rings. The van der Waals surface area contributed by atoms with Gasteiger partial charge in [-0.25, -0.2) is 23.4 Å². The molecule has 30 heavy (non-hydrogen) atoms. The fourth-order valence-electron chi connectivity index (χ4n) is 4.37. The first-order valence-electron chi connectivity index (χ1n) is 10.5. The normalized spacial score (nSPS) is 21.1. The predicted octanol–water partition coefficient (Wildman–Crippen LogP) is 2.11. The number of imidazole rings is 1. The molecule has 1 amide bonds. The number of nitrogens with one attached hydrogen (secondary N) is 1. The van der Waals surface area contributed by atoms with Crippen LogP contribution in [0, 0.1) is 6.92 Å². The van der Waals surface area contributed by atoms with E-state index in [1.807, 2.05) is 0 Å². The van der Waals surface area contributed by atoms with Crippen molar-refractivity contribution in [3.05, 3.63) is 35.8 Å². The Morgan fingerprint density at radius 3 is 2.60 bits per heavy atom. The summed E-state index contributed by atoms with van der Waals surface area (Å²) < 4.78 is 29.5. The number of nitrogens with zero attached hydrogens (tertiary/aromatic N) is 5. The summed E-state index contributed by atoms with van der Waals surface area (Å²) in [7, 11) is -2.06. The molecule has 1 saturated heterocycles. The maximum atomic E-state index is 13.2. The Morgan fingerprint density at radius 1 is 1.13 bits per heavy atom. The minimum Gasteiger partial charge on any atom is -0.349 e. The van der Waals surface area contributed by atoms with Gasteiger partial charge in [0.15, 0.2) is 5.03 Å². The van der Waals surface area contributed by atoms with Crippen LogP contribution in [-0.2, 0) is 17.1 Å². The largest absolute Gasteiger partial charge is 0.349 e. The first kappa shape index (κ1) is 20.9. The highest BCUT2D eigenvalue weighted by atomic mass is 32.2. The molecule has 2 aromatic rings. The summed E-state index contributed by atoms with van der Waals surface area (Å²) in [4.78, 5) is 25.8. The van der Waals surface area contributed by atoms with Crippen molar-refractivity contribution in [2.45, 2.75) is 69.0 Å². The lowest BCUT2D eigenvalue weighted by Gasteiger charge is -2.26. The van der Waals surface area contributed by atoms with Crippen LogP contribution in [0.25, 0.3) is 0 Å². The molecule has 2 aromatic heterocycles. The molecule has 162 valence electrons. The van der Waals surface area contributed by atoms with Crippen molar-refractivity contribution in [3.8, 4) is 0 Å². The Morgan fingerprint density at radius 2 is 1.90 bits per heavy atom. The molecule has 0 bridgehead atoms. The molecule has 0 radical (unpaired) electrons. The zero-order chi connectivity index (χ0) is 21.3. The van der Waals surface area contributed by atoms with Gasteiger partial charge in [-0.05, 0) is 32.6 Å². The fourth-order valence-corrected chi connectivity index (χ4v) is 6.00. The number of hydrogen-bond acceptors (Lipinski definition) is 6. The first-order chi connectivity index (χ1) is 14.4. The highest BCUT2D eigenvalue weighted by Crippen LogP contribution is 2.36. The monoisotopic (exact) mass is 432 g/mol. The summed E-state index contributed by atoms with van der Waals surface area (Å²) in [6.07, 6.45) is 11.2. The van der Waals surface area contributed by atoms with Crippen LogP contribution < -0.4 is 5.32 Å². The van der Waals surface area contributed by atoms with Gasteiger partial charge in [-0.1, -0.05) is 19.3 Å². The molecule has 1 N–H and O–H groups in total. The standard InChI is InChI=1S/C20H28N6O3S/c1-14-21-11-16(20(27)24-15-7-4-3-5-8-15)19(23-14)17-9-6-10-26(17)30(28,29)18-12-25(2)13-22-18/h11-13,15,17H,3-10H2,1-2H3,(H,24,27)/t17-/m0/s1. The molecule has 4 rings (SSSR count). The third-order valence-corrected chi connectivity index (χ3v) is 7.69. The van der Waals surface area contributed by atoms with Crippen LogP contribution in [0.15, 0.2) is 23.7 Å². The van der Waals surface area contributed by atoms with Gasteiger partial charge < -0.3 is 9.88 Å². The van der Waals surface area contributed by atoms with Gasteiger partial charge in [0, 0.05) is 32.0 Å². The van der Waals surface area contributed by atoms with Crippen molar-refractivity contribution in [1.82, 2.24) is 29.1 Å². The van der Waals surface area contributed by atoms with E-state index in [9.17, 15) is 13.2 Å². The second-order valence-electron chi connectivity index (χ2n) is 8.18. The highest BCUT2D eigenvalue weighted by molar-refractivity contribution is 7.89. The summed E-state index contributed by atoms with van der Waals surface area (Å²) in [6, 6.07) is -0.358. The van der Waals surface area contributed by atoms with Gasteiger partial charge in [0.25, 0.3) is 15.9 Å². The van der Waals surface area contributed by atoms with Crippen LogP contribution in [0.4, 0.5) is 0 Å². The summed E-state index contributed by atoms with van der Waals surface area (Å²) in [6.45, 7) is 2.12. The lowest BCUT2D eigenvalue weighted by molar-refractivity contribution is 0.0924. The van der Waals surface area contributed by atoms with Gasteiger partial charge in [0.2, 0.25) is 0 Å². The smallest absolute Gasteiger partial charge is 0.262 e. The summed E-state index contributed by atoms with van der Waals surface area (Å²) in [5, 5.41) is 3.11. The first-order valence-corrected chi connectivity index (χ1v) is 11.9. The number of aryl methyl sites for hydroxylation is 2. The summed E-state index contributed by atoms with van der Waals surface area (Å²) >= 11 is 0. The van der Waals surface area contributed by atoms with Crippen molar-refractivity contribution in [2.75, 3.05) is 6.54 Å². The topological polar surface area (TPSA) is 110 Å². The lowest BCUT2D eigenvalue weighted by Crippen LogP contribution is -2.38. The quantitative estimate of drug-likeness (QED) is 0.775. The van der Waals surface area contributed by atoms with E-state index >= 15 is 0 Å². The molecular weight excluding hydrogens is 404 g/mol. The molecule has 1 aliphatic heterocycles. The summed E-state index contributed by atoms with van der Waals surface area (Å²) in [5.41, 5.74) is 0.840. The van der Waals surface area contributed by atoms with E-state index in [2.05, 4.69) is 20.3 Å². The molecule has 10 heteroatoms. The minimum atomic E-state index is -3.79. The summed E-state index contributed by atoms with van der Waals surface area (Å²) in [5.74, 6) is 0.292. The van der Waals surface area contributed by atoms with Crippen molar-refractivity contribution < 1.29 is 13.2 Å². The number of rotatable bonds is 5. The number of aromatic nitrogens is 4. The lowest BCUT2D eigenvalue weighted by atomic mass is 9.95. The SMILES string of the molecule is Cc1ncc(C(=O)NC2CCCCC2)c([C@@H]2CCCN2S(=O)(=O)c2cn(C)cn2)n1. The van der Waals surface area contributed by atoms with Crippen LogP contribution >= 0.6 is 0 Å². The third kappa shape index (κ3) is 4.11. The zero-order valence-corrected chi connectivity index (χ0v) is 18.2. The molecular formula is C20H28N6O3S. The van der Waals surface area contributed by atoms with Gasteiger partial charge in [0.05, 0.1) is 23.6 Å². The van der Waals surface area contributed by atoms with Crippen molar-refractivity contribution >= 4 is 15.9 Å². The molecule has 1 atom stereocenters. The van der Waals surface area contributed by atoms with Crippen molar-refractivity contribution in [1.29, 1.82) is 0 Å². The van der Waals surface area contributed by atoms with Gasteiger partial charge in [-0.2, -0.15) is 4.31 Å². The maximum absolute atomic E-state index is 13.2. The average molecular weight is 433 g/mol. The van der Waals surface area contributed by atoms with Gasteiger partial charge in [0.1, 0.15) is 5.82 Å². The van der Waals surface area contributed by atoms with Crippen molar-refractivity contribution in [2.24, 2.45) is 7.05 Å². The molecule has 0 unspecified atom stereocenters. The van der Waals surface area contributed by atoms with E-state index in [0.29, 0.717) is 36.5 Å². The fraction of sp³-hybridized carbons (Fsp3) is 0.600. The van der Waals surface area contributed by atoms with E-state index in [1.54, 1.807) is 18.5 Å². The molecule has 3 heterocycles. The Kier molecular flexibility index (Phi) is 5.88. The Balaban J connectivity index is 1.65. The second kappa shape index (κ2) is 8.43. The van der Waals surface area contributed by atoms with Crippen LogP contribution in [0.5, 0.6) is 0 Å². The predicted molar refractivity (Wildman–Crippen MR) is 110 cm³/mol.